The molecule has 1 rings (SSSR count). The maximum atomic E-state index is 11.5. The first-order chi connectivity index (χ1) is 8.70. The highest BCUT2D eigenvalue weighted by atomic mass is 16.5. The van der Waals surface area contributed by atoms with Gasteiger partial charge in [0.2, 0.25) is 0 Å². The molecule has 0 unspecified atom stereocenters. The maximum absolute atomic E-state index is 11.5. The molecule has 0 saturated heterocycles. The fourth-order valence-corrected chi connectivity index (χ4v) is 1.44. The molecule has 1 aromatic carbocycles. The van der Waals surface area contributed by atoms with Crippen molar-refractivity contribution in [2.24, 2.45) is 0 Å². The lowest BCUT2D eigenvalue weighted by molar-refractivity contribution is 0.0591. The van der Waals surface area contributed by atoms with Gasteiger partial charge in [-0.2, -0.15) is 0 Å². The van der Waals surface area contributed by atoms with Crippen molar-refractivity contribution in [1.82, 2.24) is 0 Å². The third-order valence-corrected chi connectivity index (χ3v) is 2.27. The molecule has 2 N–H and O–H groups in total. The van der Waals surface area contributed by atoms with Crippen LogP contribution in [0.3, 0.4) is 0 Å². The van der Waals surface area contributed by atoms with Gasteiger partial charge in [0, 0.05) is 6.61 Å². The molecule has 0 amide bonds. The molecular formula is C13H19NO4. The largest absolute Gasteiger partial charge is 0.488 e. The van der Waals surface area contributed by atoms with Crippen molar-refractivity contribution in [3.05, 3.63) is 23.8 Å². The second-order valence-corrected chi connectivity index (χ2v) is 3.68. The first-order valence-electron chi connectivity index (χ1n) is 5.88. The quantitative estimate of drug-likeness (QED) is 0.456. The van der Waals surface area contributed by atoms with Gasteiger partial charge in [0.15, 0.2) is 5.75 Å². The first kappa shape index (κ1) is 14.3. The van der Waals surface area contributed by atoms with Crippen LogP contribution >= 0.6 is 0 Å². The molecule has 0 aliphatic carbocycles. The zero-order chi connectivity index (χ0) is 13.4. The minimum atomic E-state index is -0.466. The van der Waals surface area contributed by atoms with Crippen molar-refractivity contribution >= 4 is 11.7 Å². The molecule has 0 atom stereocenters. The summed E-state index contributed by atoms with van der Waals surface area (Å²) in [5, 5.41) is 0. The van der Waals surface area contributed by atoms with Crippen molar-refractivity contribution in [1.29, 1.82) is 0 Å². The minimum absolute atomic E-state index is 0.327. The number of ether oxygens (including phenoxy) is 3. The summed E-state index contributed by atoms with van der Waals surface area (Å²) in [5.74, 6) is -0.115. The molecule has 18 heavy (non-hydrogen) atoms. The van der Waals surface area contributed by atoms with Crippen LogP contribution in [0.25, 0.3) is 0 Å². The molecule has 5 heteroatoms. The highest BCUT2D eigenvalue weighted by Crippen LogP contribution is 2.26. The molecule has 0 aliphatic heterocycles. The number of esters is 1. The highest BCUT2D eigenvalue weighted by molar-refractivity contribution is 5.94. The Labute approximate surface area is 107 Å². The number of para-hydroxylation sites is 1. The molecule has 0 radical (unpaired) electrons. The standard InChI is InChI=1S/C13H19NO4/c1-3-7-17-8-9-18-12-10(13(15)16-2)5-4-6-11(12)14/h4-6H,3,7-9,14H2,1-2H3. The number of nitrogen functional groups attached to an aromatic ring is 1. The molecule has 1 aromatic rings. The first-order valence-corrected chi connectivity index (χ1v) is 5.88. The van der Waals surface area contributed by atoms with Crippen LogP contribution in [0, 0.1) is 0 Å². The Morgan fingerprint density at radius 2 is 2.06 bits per heavy atom. The summed E-state index contributed by atoms with van der Waals surface area (Å²) >= 11 is 0. The third-order valence-electron chi connectivity index (χ3n) is 2.27. The van der Waals surface area contributed by atoms with Crippen LogP contribution in [-0.4, -0.2) is 32.9 Å². The number of nitrogens with two attached hydrogens (primary N) is 1. The minimum Gasteiger partial charge on any atom is -0.488 e. The molecular weight excluding hydrogens is 234 g/mol. The lowest BCUT2D eigenvalue weighted by Crippen LogP contribution is -2.12. The van der Waals surface area contributed by atoms with Gasteiger partial charge in [-0.15, -0.1) is 0 Å². The summed E-state index contributed by atoms with van der Waals surface area (Å²) in [6, 6.07) is 4.97. The van der Waals surface area contributed by atoms with Crippen LogP contribution in [-0.2, 0) is 9.47 Å². The number of hydrogen-bond acceptors (Lipinski definition) is 5. The Bertz CT molecular complexity index is 393. The number of hydrogen-bond donors (Lipinski definition) is 1. The van der Waals surface area contributed by atoms with E-state index in [0.717, 1.165) is 6.42 Å². The van der Waals surface area contributed by atoms with Crippen molar-refractivity contribution in [3.63, 3.8) is 0 Å². The summed E-state index contributed by atoms with van der Waals surface area (Å²) in [6.45, 7) is 3.53. The third kappa shape index (κ3) is 3.92. The molecule has 5 nitrogen and oxygen atoms in total. The molecule has 0 fully saturated rings. The summed E-state index contributed by atoms with van der Waals surface area (Å²) in [5.41, 5.74) is 6.52. The van der Waals surface area contributed by atoms with Crippen LogP contribution in [0.1, 0.15) is 23.7 Å². The SMILES string of the molecule is CCCOCCOc1c(N)cccc1C(=O)OC. The van der Waals surface area contributed by atoms with E-state index >= 15 is 0 Å². The van der Waals surface area contributed by atoms with Crippen LogP contribution in [0.5, 0.6) is 5.75 Å². The number of anilines is 1. The predicted octanol–water partition coefficient (Wildman–Crippen LogP) is 1.86. The lowest BCUT2D eigenvalue weighted by Gasteiger charge is -2.12. The second-order valence-electron chi connectivity index (χ2n) is 3.68. The molecule has 0 heterocycles. The van der Waals surface area contributed by atoms with Gasteiger partial charge in [0.25, 0.3) is 0 Å². The average molecular weight is 253 g/mol. The Kier molecular flexibility index (Phi) is 6.00. The van der Waals surface area contributed by atoms with Crippen molar-refractivity contribution in [2.45, 2.75) is 13.3 Å². The van der Waals surface area contributed by atoms with E-state index in [1.54, 1.807) is 18.2 Å². The number of carbonyl (C=O) groups excluding carboxylic acids is 1. The molecule has 100 valence electrons. The zero-order valence-electron chi connectivity index (χ0n) is 10.8. The Hall–Kier alpha value is -1.75. The van der Waals surface area contributed by atoms with Crippen LogP contribution in [0.15, 0.2) is 18.2 Å². The number of methoxy groups -OCH3 is 1. The molecule has 0 aliphatic rings. The molecule has 0 spiro atoms. The van der Waals surface area contributed by atoms with Crippen LogP contribution in [0.4, 0.5) is 5.69 Å². The average Bonchev–Trinajstić information content (AvgIpc) is 2.39. The predicted molar refractivity (Wildman–Crippen MR) is 68.8 cm³/mol. The van der Waals surface area contributed by atoms with Gasteiger partial charge in [-0.1, -0.05) is 13.0 Å². The number of benzene rings is 1. The van der Waals surface area contributed by atoms with Gasteiger partial charge in [0.1, 0.15) is 12.2 Å². The van der Waals surface area contributed by atoms with E-state index in [2.05, 4.69) is 4.74 Å². The lowest BCUT2D eigenvalue weighted by atomic mass is 10.2. The van der Waals surface area contributed by atoms with Gasteiger partial charge >= 0.3 is 5.97 Å². The monoisotopic (exact) mass is 253 g/mol. The van der Waals surface area contributed by atoms with Crippen molar-refractivity contribution < 1.29 is 19.0 Å². The van der Waals surface area contributed by atoms with E-state index in [0.29, 0.717) is 36.8 Å². The molecule has 0 saturated carbocycles. The van der Waals surface area contributed by atoms with E-state index in [9.17, 15) is 4.79 Å². The van der Waals surface area contributed by atoms with Gasteiger partial charge in [-0.3, -0.25) is 0 Å². The van der Waals surface area contributed by atoms with Gasteiger partial charge < -0.3 is 19.9 Å². The number of carbonyl (C=O) groups is 1. The highest BCUT2D eigenvalue weighted by Gasteiger charge is 2.15. The molecule has 0 aromatic heterocycles. The topological polar surface area (TPSA) is 70.8 Å². The fraction of sp³-hybridized carbons (Fsp3) is 0.462. The Morgan fingerprint density at radius 3 is 2.72 bits per heavy atom. The van der Waals surface area contributed by atoms with E-state index in [4.69, 9.17) is 15.2 Å². The molecule has 0 bridgehead atoms. The fourth-order valence-electron chi connectivity index (χ4n) is 1.44. The number of rotatable bonds is 7. The Morgan fingerprint density at radius 1 is 1.28 bits per heavy atom. The van der Waals surface area contributed by atoms with Crippen LogP contribution in [0.2, 0.25) is 0 Å². The van der Waals surface area contributed by atoms with Gasteiger partial charge in [-0.25, -0.2) is 4.79 Å². The van der Waals surface area contributed by atoms with Gasteiger partial charge in [-0.05, 0) is 18.6 Å². The van der Waals surface area contributed by atoms with E-state index in [1.165, 1.54) is 7.11 Å². The summed E-state index contributed by atoms with van der Waals surface area (Å²) in [4.78, 5) is 11.5. The zero-order valence-corrected chi connectivity index (χ0v) is 10.8. The van der Waals surface area contributed by atoms with Crippen LogP contribution < -0.4 is 10.5 Å². The normalized spacial score (nSPS) is 10.1. The summed E-state index contributed by atoms with van der Waals surface area (Å²) < 4.78 is 15.4. The van der Waals surface area contributed by atoms with Gasteiger partial charge in [0.05, 0.1) is 19.4 Å². The van der Waals surface area contributed by atoms with Crippen molar-refractivity contribution in [2.75, 3.05) is 32.7 Å². The summed E-state index contributed by atoms with van der Waals surface area (Å²) in [6.07, 6.45) is 0.959. The second kappa shape index (κ2) is 7.55. The Balaban J connectivity index is 2.65. The van der Waals surface area contributed by atoms with E-state index in [-0.39, 0.29) is 0 Å². The smallest absolute Gasteiger partial charge is 0.341 e. The van der Waals surface area contributed by atoms with E-state index in [1.807, 2.05) is 6.92 Å². The summed E-state index contributed by atoms with van der Waals surface area (Å²) in [7, 11) is 1.32. The van der Waals surface area contributed by atoms with Crippen molar-refractivity contribution in [3.8, 4) is 5.75 Å². The maximum Gasteiger partial charge on any atom is 0.341 e. The van der Waals surface area contributed by atoms with E-state index < -0.39 is 5.97 Å².